The van der Waals surface area contributed by atoms with E-state index in [4.69, 9.17) is 9.84 Å². The highest BCUT2D eigenvalue weighted by molar-refractivity contribution is 5.82. The number of hydrogen-bond acceptors (Lipinski definition) is 3. The second kappa shape index (κ2) is 7.05. The normalized spacial score (nSPS) is 11.9. The Morgan fingerprint density at radius 2 is 2.13 bits per heavy atom. The van der Waals surface area contributed by atoms with Gasteiger partial charge < -0.3 is 20.1 Å². The molecule has 0 aromatic heterocycles. The molecule has 2 N–H and O–H groups in total. The lowest BCUT2D eigenvalue weighted by Crippen LogP contribution is -2.47. The summed E-state index contributed by atoms with van der Waals surface area (Å²) in [5.74, 6) is -1.05. The quantitative estimate of drug-likeness (QED) is 0.664. The van der Waals surface area contributed by atoms with Crippen LogP contribution in [0.4, 0.5) is 4.79 Å². The fraction of sp³-hybridized carbons (Fsp3) is 0.778. The number of hydrogen-bond donors (Lipinski definition) is 2. The Morgan fingerprint density at radius 1 is 1.53 bits per heavy atom. The Kier molecular flexibility index (Phi) is 6.44. The molecular weight excluding hydrogens is 200 g/mol. The van der Waals surface area contributed by atoms with Crippen LogP contribution in [0.2, 0.25) is 0 Å². The first-order valence-electron chi connectivity index (χ1n) is 4.76. The lowest BCUT2D eigenvalue weighted by molar-refractivity contribution is -0.139. The molecule has 0 aromatic rings. The third-order valence-corrected chi connectivity index (χ3v) is 2.03. The first-order chi connectivity index (χ1) is 7.02. The third-order valence-electron chi connectivity index (χ3n) is 2.03. The molecule has 0 saturated heterocycles. The van der Waals surface area contributed by atoms with Gasteiger partial charge in [0, 0.05) is 33.7 Å². The van der Waals surface area contributed by atoms with Crippen molar-refractivity contribution in [1.29, 1.82) is 0 Å². The number of carbonyl (C=O) groups is 2. The molecule has 0 radical (unpaired) electrons. The highest BCUT2D eigenvalue weighted by atomic mass is 16.5. The van der Waals surface area contributed by atoms with Crippen molar-refractivity contribution < 1.29 is 19.4 Å². The zero-order chi connectivity index (χ0) is 11.8. The van der Waals surface area contributed by atoms with Gasteiger partial charge >= 0.3 is 12.0 Å². The number of carbonyl (C=O) groups excluding carboxylic acids is 1. The van der Waals surface area contributed by atoms with Gasteiger partial charge in [0.05, 0.1) is 0 Å². The monoisotopic (exact) mass is 218 g/mol. The number of carboxylic acids is 1. The molecule has 0 aliphatic carbocycles. The number of nitrogens with zero attached hydrogens (tertiary/aromatic N) is 1. The van der Waals surface area contributed by atoms with E-state index < -0.39 is 12.0 Å². The van der Waals surface area contributed by atoms with Crippen LogP contribution in [0.5, 0.6) is 0 Å². The molecule has 88 valence electrons. The average molecular weight is 218 g/mol. The molecule has 0 bridgehead atoms. The van der Waals surface area contributed by atoms with E-state index in [0.717, 1.165) is 0 Å². The molecule has 0 fully saturated rings. The second-order valence-electron chi connectivity index (χ2n) is 3.14. The number of rotatable bonds is 6. The number of urea groups is 1. The fourth-order valence-corrected chi connectivity index (χ4v) is 0.896. The van der Waals surface area contributed by atoms with Crippen LogP contribution in [-0.2, 0) is 9.53 Å². The summed E-state index contributed by atoms with van der Waals surface area (Å²) in [7, 11) is 3.09. The van der Waals surface area contributed by atoms with Gasteiger partial charge in [0.15, 0.2) is 0 Å². The van der Waals surface area contributed by atoms with Gasteiger partial charge in [-0.15, -0.1) is 0 Å². The van der Waals surface area contributed by atoms with Crippen molar-refractivity contribution in [2.24, 2.45) is 0 Å². The van der Waals surface area contributed by atoms with E-state index in [1.54, 1.807) is 7.05 Å². The largest absolute Gasteiger partial charge is 0.480 e. The molecule has 0 aromatic carbocycles. The number of methoxy groups -OCH3 is 1. The fourth-order valence-electron chi connectivity index (χ4n) is 0.896. The summed E-state index contributed by atoms with van der Waals surface area (Å²) in [6.45, 7) is 2.64. The number of ether oxygens (including phenoxy) is 1. The van der Waals surface area contributed by atoms with E-state index in [0.29, 0.717) is 13.2 Å². The third kappa shape index (κ3) is 5.21. The highest BCUT2D eigenvalue weighted by Gasteiger charge is 2.20. The summed E-state index contributed by atoms with van der Waals surface area (Å²) in [6, 6.07) is -1.28. The molecule has 0 spiro atoms. The van der Waals surface area contributed by atoms with Gasteiger partial charge in [-0.1, -0.05) is 0 Å². The average Bonchev–Trinajstić information content (AvgIpc) is 2.22. The Balaban J connectivity index is 4.16. The molecule has 15 heavy (non-hydrogen) atoms. The van der Waals surface area contributed by atoms with Crippen LogP contribution in [0.25, 0.3) is 0 Å². The second-order valence-corrected chi connectivity index (χ2v) is 3.14. The maximum atomic E-state index is 11.4. The van der Waals surface area contributed by atoms with Crippen LogP contribution in [0.3, 0.4) is 0 Å². The zero-order valence-corrected chi connectivity index (χ0v) is 9.32. The van der Waals surface area contributed by atoms with Gasteiger partial charge in [0.1, 0.15) is 6.04 Å². The van der Waals surface area contributed by atoms with Gasteiger partial charge in [-0.3, -0.25) is 0 Å². The Hall–Kier alpha value is -1.30. The van der Waals surface area contributed by atoms with E-state index in [-0.39, 0.29) is 12.5 Å². The van der Waals surface area contributed by atoms with E-state index in [9.17, 15) is 9.59 Å². The standard InChI is InChI=1S/C9H18N2O4/c1-4-11(2)9(14)10-7(8(12)13)5-6-15-3/h7H,4-6H2,1-3H3,(H,10,14)(H,12,13). The van der Waals surface area contributed by atoms with E-state index in [2.05, 4.69) is 5.32 Å². The lowest BCUT2D eigenvalue weighted by atomic mass is 10.2. The van der Waals surface area contributed by atoms with Crippen LogP contribution in [0.1, 0.15) is 13.3 Å². The molecule has 0 heterocycles. The van der Waals surface area contributed by atoms with Gasteiger partial charge in [0.25, 0.3) is 0 Å². The van der Waals surface area contributed by atoms with E-state index in [1.165, 1.54) is 12.0 Å². The Bertz CT molecular complexity index is 220. The molecule has 6 heteroatoms. The molecular formula is C9H18N2O4. The summed E-state index contributed by atoms with van der Waals surface area (Å²) in [6.07, 6.45) is 0.259. The van der Waals surface area contributed by atoms with Crippen LogP contribution in [0.15, 0.2) is 0 Å². The smallest absolute Gasteiger partial charge is 0.326 e. The minimum Gasteiger partial charge on any atom is -0.480 e. The SMILES string of the molecule is CCN(C)C(=O)NC(CCOC)C(=O)O. The van der Waals surface area contributed by atoms with Crippen molar-refractivity contribution in [3.8, 4) is 0 Å². The minimum absolute atomic E-state index is 0.259. The van der Waals surface area contributed by atoms with E-state index in [1.807, 2.05) is 6.92 Å². The molecule has 1 unspecified atom stereocenters. The zero-order valence-electron chi connectivity index (χ0n) is 9.32. The van der Waals surface area contributed by atoms with E-state index >= 15 is 0 Å². The van der Waals surface area contributed by atoms with Gasteiger partial charge in [-0.25, -0.2) is 9.59 Å². The van der Waals surface area contributed by atoms with Gasteiger partial charge in [-0.05, 0) is 6.92 Å². The Labute approximate surface area is 89.2 Å². The highest BCUT2D eigenvalue weighted by Crippen LogP contribution is 1.95. The predicted octanol–water partition coefficient (Wildman–Crippen LogP) is 0.137. The summed E-state index contributed by atoms with van der Waals surface area (Å²) < 4.78 is 4.76. The van der Waals surface area contributed by atoms with Crippen molar-refractivity contribution in [2.45, 2.75) is 19.4 Å². The Morgan fingerprint density at radius 3 is 2.53 bits per heavy atom. The topological polar surface area (TPSA) is 78.9 Å². The molecule has 2 amide bonds. The van der Waals surface area contributed by atoms with Crippen molar-refractivity contribution in [2.75, 3.05) is 27.3 Å². The van der Waals surface area contributed by atoms with Crippen LogP contribution < -0.4 is 5.32 Å². The molecule has 0 aliphatic rings. The van der Waals surface area contributed by atoms with Gasteiger partial charge in [0.2, 0.25) is 0 Å². The maximum Gasteiger partial charge on any atom is 0.326 e. The molecule has 6 nitrogen and oxygen atoms in total. The number of nitrogens with one attached hydrogen (secondary N) is 1. The lowest BCUT2D eigenvalue weighted by Gasteiger charge is -2.19. The molecule has 0 saturated carbocycles. The predicted molar refractivity (Wildman–Crippen MR) is 54.8 cm³/mol. The first-order valence-corrected chi connectivity index (χ1v) is 4.76. The number of carboxylic acid groups (broad SMARTS) is 1. The summed E-state index contributed by atoms with van der Waals surface area (Å²) >= 11 is 0. The molecule has 1 atom stereocenters. The van der Waals surface area contributed by atoms with Gasteiger partial charge in [-0.2, -0.15) is 0 Å². The molecule has 0 rings (SSSR count). The maximum absolute atomic E-state index is 11.4. The number of amides is 2. The first kappa shape index (κ1) is 13.7. The minimum atomic E-state index is -1.05. The number of aliphatic carboxylic acids is 1. The van der Waals surface area contributed by atoms with Crippen molar-refractivity contribution in [3.05, 3.63) is 0 Å². The summed E-state index contributed by atoms with van der Waals surface area (Å²) in [4.78, 5) is 23.5. The van der Waals surface area contributed by atoms with Crippen molar-refractivity contribution in [3.63, 3.8) is 0 Å². The van der Waals surface area contributed by atoms with Crippen molar-refractivity contribution >= 4 is 12.0 Å². The van der Waals surface area contributed by atoms with Crippen LogP contribution >= 0.6 is 0 Å². The molecule has 0 aliphatic heterocycles. The van der Waals surface area contributed by atoms with Crippen molar-refractivity contribution in [1.82, 2.24) is 10.2 Å². The van der Waals surface area contributed by atoms with Crippen LogP contribution in [0, 0.1) is 0 Å². The summed E-state index contributed by atoms with van der Waals surface area (Å²) in [5.41, 5.74) is 0. The van der Waals surface area contributed by atoms with Crippen LogP contribution in [-0.4, -0.2) is 55.4 Å². The summed E-state index contributed by atoms with van der Waals surface area (Å²) in [5, 5.41) is 11.2.